The molecule has 2 aliphatic carbocycles. The number of piperazine rings is 1. The molecular weight excluding hydrogens is 398 g/mol. The van der Waals surface area contributed by atoms with E-state index in [-0.39, 0.29) is 29.5 Å². The van der Waals surface area contributed by atoms with Crippen LogP contribution in [0.4, 0.5) is 0 Å². The lowest BCUT2D eigenvalue weighted by Crippen LogP contribution is -2.56. The van der Waals surface area contributed by atoms with Crippen molar-refractivity contribution in [2.24, 2.45) is 17.3 Å². The Kier molecular flexibility index (Phi) is 7.18. The highest BCUT2D eigenvalue weighted by molar-refractivity contribution is 5.87. The van der Waals surface area contributed by atoms with Crippen molar-refractivity contribution in [3.63, 3.8) is 0 Å². The minimum atomic E-state index is -0.379. The van der Waals surface area contributed by atoms with Crippen LogP contribution in [0.15, 0.2) is 24.4 Å². The number of nitrogens with zero attached hydrogens (tertiary/aromatic N) is 2. The Morgan fingerprint density at radius 2 is 2.09 bits per heavy atom. The van der Waals surface area contributed by atoms with Crippen molar-refractivity contribution < 1.29 is 9.53 Å². The van der Waals surface area contributed by atoms with Crippen LogP contribution < -0.4 is 5.32 Å². The van der Waals surface area contributed by atoms with E-state index >= 15 is 0 Å². The largest absolute Gasteiger partial charge is 0.368 e. The molecule has 2 fully saturated rings. The summed E-state index contributed by atoms with van der Waals surface area (Å²) in [7, 11) is 0. The lowest BCUT2D eigenvalue weighted by Gasteiger charge is -2.42. The molecule has 0 radical (unpaired) electrons. The third kappa shape index (κ3) is 5.16. The Bertz CT molecular complexity index is 847. The second-order valence-electron chi connectivity index (χ2n) is 10.8. The molecule has 5 heteroatoms. The summed E-state index contributed by atoms with van der Waals surface area (Å²) in [4.78, 5) is 20.7. The van der Waals surface area contributed by atoms with Crippen LogP contribution in [0.1, 0.15) is 69.3 Å². The Hall–Kier alpha value is -1.56. The molecule has 1 aromatic heterocycles. The average Bonchev–Trinajstić information content (AvgIpc) is 3.51. The van der Waals surface area contributed by atoms with Gasteiger partial charge in [0.2, 0.25) is 0 Å². The van der Waals surface area contributed by atoms with E-state index < -0.39 is 0 Å². The maximum absolute atomic E-state index is 13.8. The SMILES string of the molecule is CCC1C(=O)C(OCC2(C)CC2)C(N2CCNC(c3cc(C)ncc3C)C2)/C=C/CC1C. The van der Waals surface area contributed by atoms with Gasteiger partial charge in [-0.3, -0.25) is 14.7 Å². The van der Waals surface area contributed by atoms with E-state index in [1.165, 1.54) is 24.0 Å². The van der Waals surface area contributed by atoms with Crippen molar-refractivity contribution in [1.29, 1.82) is 0 Å². The summed E-state index contributed by atoms with van der Waals surface area (Å²) in [6, 6.07) is 2.44. The number of hydrogen-bond donors (Lipinski definition) is 1. The van der Waals surface area contributed by atoms with Crippen LogP contribution in [0.3, 0.4) is 0 Å². The Balaban J connectivity index is 1.59. The predicted molar refractivity (Wildman–Crippen MR) is 129 cm³/mol. The molecule has 0 aromatic carbocycles. The number of ether oxygens (including phenoxy) is 1. The summed E-state index contributed by atoms with van der Waals surface area (Å²) in [5.41, 5.74) is 3.84. The van der Waals surface area contributed by atoms with Crippen LogP contribution in [0, 0.1) is 31.1 Å². The fourth-order valence-electron chi connectivity index (χ4n) is 5.38. The topological polar surface area (TPSA) is 54.5 Å². The van der Waals surface area contributed by atoms with Gasteiger partial charge in [-0.2, -0.15) is 0 Å². The summed E-state index contributed by atoms with van der Waals surface area (Å²) in [6.07, 6.45) is 10.4. The first-order valence-corrected chi connectivity index (χ1v) is 12.5. The zero-order chi connectivity index (χ0) is 22.9. The maximum atomic E-state index is 13.8. The van der Waals surface area contributed by atoms with Gasteiger partial charge in [0, 0.05) is 43.5 Å². The number of ketones is 1. The zero-order valence-corrected chi connectivity index (χ0v) is 20.6. The highest BCUT2D eigenvalue weighted by Gasteiger charge is 2.43. The lowest BCUT2D eigenvalue weighted by molar-refractivity contribution is -0.142. The second-order valence-corrected chi connectivity index (χ2v) is 10.8. The Morgan fingerprint density at radius 3 is 2.81 bits per heavy atom. The molecule has 176 valence electrons. The molecule has 1 N–H and O–H groups in total. The van der Waals surface area contributed by atoms with Gasteiger partial charge in [-0.25, -0.2) is 0 Å². The molecule has 1 aromatic rings. The van der Waals surface area contributed by atoms with E-state index in [4.69, 9.17) is 4.74 Å². The minimum absolute atomic E-state index is 0.000703. The predicted octanol–water partition coefficient (Wildman–Crippen LogP) is 4.39. The van der Waals surface area contributed by atoms with Gasteiger partial charge in [0.1, 0.15) is 6.10 Å². The summed E-state index contributed by atoms with van der Waals surface area (Å²) >= 11 is 0. The summed E-state index contributed by atoms with van der Waals surface area (Å²) in [6.45, 7) is 14.2. The van der Waals surface area contributed by atoms with Crippen molar-refractivity contribution in [2.45, 2.75) is 78.5 Å². The summed E-state index contributed by atoms with van der Waals surface area (Å²) in [5.74, 6) is 0.749. The lowest BCUT2D eigenvalue weighted by atomic mass is 9.79. The summed E-state index contributed by atoms with van der Waals surface area (Å²) in [5, 5.41) is 3.70. The summed E-state index contributed by atoms with van der Waals surface area (Å²) < 4.78 is 6.51. The van der Waals surface area contributed by atoms with Crippen molar-refractivity contribution in [3.8, 4) is 0 Å². The fraction of sp³-hybridized carbons (Fsp3) is 0.704. The number of carbonyl (C=O) groups excluding carboxylic acids is 1. The van der Waals surface area contributed by atoms with E-state index in [0.717, 1.165) is 38.2 Å². The monoisotopic (exact) mass is 439 g/mol. The van der Waals surface area contributed by atoms with Gasteiger partial charge in [0.15, 0.2) is 5.78 Å². The molecule has 0 spiro atoms. The van der Waals surface area contributed by atoms with Crippen LogP contribution >= 0.6 is 0 Å². The Labute approximate surface area is 194 Å². The molecule has 5 nitrogen and oxygen atoms in total. The highest BCUT2D eigenvalue weighted by atomic mass is 16.5. The Morgan fingerprint density at radius 1 is 1.31 bits per heavy atom. The van der Waals surface area contributed by atoms with Crippen molar-refractivity contribution in [1.82, 2.24) is 15.2 Å². The van der Waals surface area contributed by atoms with Crippen LogP contribution in [-0.2, 0) is 9.53 Å². The van der Waals surface area contributed by atoms with Gasteiger partial charge < -0.3 is 10.1 Å². The molecular formula is C27H41N3O2. The first kappa shape index (κ1) is 23.6. The average molecular weight is 440 g/mol. The van der Waals surface area contributed by atoms with Crippen LogP contribution in [0.2, 0.25) is 0 Å². The molecule has 1 saturated heterocycles. The normalized spacial score (nSPS) is 34.0. The molecule has 1 saturated carbocycles. The van der Waals surface area contributed by atoms with Crippen LogP contribution in [-0.4, -0.2) is 54.1 Å². The first-order chi connectivity index (χ1) is 15.3. The van der Waals surface area contributed by atoms with Crippen molar-refractivity contribution in [2.75, 3.05) is 26.2 Å². The van der Waals surface area contributed by atoms with E-state index in [9.17, 15) is 4.79 Å². The molecule has 5 unspecified atom stereocenters. The zero-order valence-electron chi connectivity index (χ0n) is 20.6. The molecule has 0 bridgehead atoms. The van der Waals surface area contributed by atoms with Gasteiger partial charge in [-0.1, -0.05) is 32.9 Å². The molecule has 5 atom stereocenters. The number of aromatic nitrogens is 1. The molecule has 4 rings (SSSR count). The number of nitrogens with one attached hydrogen (secondary N) is 1. The minimum Gasteiger partial charge on any atom is -0.368 e. The molecule has 0 amide bonds. The number of aryl methyl sites for hydroxylation is 2. The second kappa shape index (κ2) is 9.74. The number of hydrogen-bond acceptors (Lipinski definition) is 5. The van der Waals surface area contributed by atoms with Gasteiger partial charge >= 0.3 is 0 Å². The maximum Gasteiger partial charge on any atom is 0.166 e. The van der Waals surface area contributed by atoms with Gasteiger partial charge in [-0.15, -0.1) is 0 Å². The van der Waals surface area contributed by atoms with Crippen molar-refractivity contribution in [3.05, 3.63) is 41.2 Å². The standard InChI is InChI=1S/C27H41N3O2/c1-6-21-18(2)8-7-9-24(26(25(21)31)32-17-27(5)10-11-27)30-13-12-28-23(16-30)22-14-20(4)29-15-19(22)3/h7,9,14-15,18,21,23-24,26,28H,6,8,10-13,16-17H2,1-5H3/b9-7+. The molecule has 32 heavy (non-hydrogen) atoms. The third-order valence-corrected chi connectivity index (χ3v) is 7.92. The molecule has 3 aliphatic rings. The number of carbonyl (C=O) groups is 1. The first-order valence-electron chi connectivity index (χ1n) is 12.5. The van der Waals surface area contributed by atoms with Crippen LogP contribution in [0.5, 0.6) is 0 Å². The van der Waals surface area contributed by atoms with E-state index in [1.54, 1.807) is 0 Å². The smallest absolute Gasteiger partial charge is 0.166 e. The quantitative estimate of drug-likeness (QED) is 0.666. The van der Waals surface area contributed by atoms with E-state index in [1.807, 2.05) is 13.1 Å². The van der Waals surface area contributed by atoms with E-state index in [0.29, 0.717) is 18.3 Å². The van der Waals surface area contributed by atoms with Crippen LogP contribution in [0.25, 0.3) is 0 Å². The molecule has 1 aliphatic heterocycles. The number of Topliss-reactive ketones (excluding diaryl/α,β-unsaturated/α-hetero) is 1. The highest BCUT2D eigenvalue weighted by Crippen LogP contribution is 2.45. The van der Waals surface area contributed by atoms with Gasteiger partial charge in [0.05, 0.1) is 12.6 Å². The third-order valence-electron chi connectivity index (χ3n) is 7.92. The number of allylic oxidation sites excluding steroid dienone is 1. The number of pyridine rings is 1. The molecule has 2 heterocycles. The van der Waals surface area contributed by atoms with Gasteiger partial charge in [0.25, 0.3) is 0 Å². The van der Waals surface area contributed by atoms with Crippen molar-refractivity contribution >= 4 is 5.78 Å². The van der Waals surface area contributed by atoms with E-state index in [2.05, 4.69) is 61.1 Å². The fourth-order valence-corrected chi connectivity index (χ4v) is 5.38. The number of rotatable bonds is 6. The van der Waals surface area contributed by atoms with Gasteiger partial charge in [-0.05, 0) is 68.1 Å².